The summed E-state index contributed by atoms with van der Waals surface area (Å²) in [7, 11) is 0. The summed E-state index contributed by atoms with van der Waals surface area (Å²) < 4.78 is 1.58. The average Bonchev–Trinajstić information content (AvgIpc) is 3.11. The van der Waals surface area contributed by atoms with Gasteiger partial charge in [0.05, 0.1) is 26.1 Å². The molecule has 0 fully saturated rings. The zero-order chi connectivity index (χ0) is 21.3. The van der Waals surface area contributed by atoms with Crippen molar-refractivity contribution in [3.63, 3.8) is 0 Å². The lowest BCUT2D eigenvalue weighted by molar-refractivity contribution is 0.0967. The number of halogens is 3. The Morgan fingerprint density at radius 3 is 2.23 bits per heavy atom. The molecule has 0 bridgehead atoms. The predicted molar refractivity (Wildman–Crippen MR) is 119 cm³/mol. The number of aromatic nitrogens is 2. The van der Waals surface area contributed by atoms with Crippen molar-refractivity contribution < 1.29 is 9.59 Å². The number of anilines is 1. The van der Waals surface area contributed by atoms with Gasteiger partial charge in [-0.3, -0.25) is 10.1 Å². The molecule has 6 nitrogen and oxygen atoms in total. The molecule has 2 N–H and O–H groups in total. The van der Waals surface area contributed by atoms with Gasteiger partial charge >= 0.3 is 6.03 Å². The Morgan fingerprint density at radius 2 is 1.53 bits per heavy atom. The summed E-state index contributed by atoms with van der Waals surface area (Å²) in [6.45, 7) is 0. The second-order valence-corrected chi connectivity index (χ2v) is 7.53. The van der Waals surface area contributed by atoms with Crippen molar-refractivity contribution in [1.82, 2.24) is 15.1 Å². The molecule has 150 valence electrons. The Bertz CT molecular complexity index is 1230. The number of nitrogens with one attached hydrogen (secondary N) is 2. The number of nitrogens with zero attached hydrogens (tertiary/aromatic N) is 2. The number of hydrogen-bond donors (Lipinski definition) is 2. The Hall–Kier alpha value is -3.06. The quantitative estimate of drug-likeness (QED) is 0.397. The van der Waals surface area contributed by atoms with E-state index in [1.54, 1.807) is 22.9 Å². The summed E-state index contributed by atoms with van der Waals surface area (Å²) in [6.07, 6.45) is 1.81. The van der Waals surface area contributed by atoms with E-state index in [1.165, 1.54) is 18.2 Å². The third-order valence-corrected chi connectivity index (χ3v) is 5.17. The largest absolute Gasteiger partial charge is 0.326 e. The molecule has 0 saturated heterocycles. The second kappa shape index (κ2) is 8.36. The number of fused-ring (bicyclic) bond motifs is 1. The Balaban J connectivity index is 1.54. The zero-order valence-corrected chi connectivity index (χ0v) is 17.5. The molecule has 0 unspecified atom stereocenters. The molecule has 4 rings (SSSR count). The van der Waals surface area contributed by atoms with Gasteiger partial charge in [0.2, 0.25) is 0 Å². The maximum absolute atomic E-state index is 12.2. The van der Waals surface area contributed by atoms with Gasteiger partial charge in [-0.05, 0) is 30.3 Å². The number of rotatable bonds is 3. The monoisotopic (exact) mass is 458 g/mol. The zero-order valence-electron chi connectivity index (χ0n) is 15.2. The van der Waals surface area contributed by atoms with Crippen molar-refractivity contribution in [3.8, 4) is 5.69 Å². The van der Waals surface area contributed by atoms with Crippen LogP contribution in [0.1, 0.15) is 10.4 Å². The lowest BCUT2D eigenvalue weighted by Gasteiger charge is -2.12. The van der Waals surface area contributed by atoms with Gasteiger partial charge in [0.25, 0.3) is 5.91 Å². The highest BCUT2D eigenvalue weighted by Crippen LogP contribution is 2.33. The van der Waals surface area contributed by atoms with E-state index in [0.717, 1.165) is 10.9 Å². The third kappa shape index (κ3) is 4.11. The van der Waals surface area contributed by atoms with Crippen LogP contribution in [0.5, 0.6) is 0 Å². The smallest absolute Gasteiger partial charge is 0.308 e. The summed E-state index contributed by atoms with van der Waals surface area (Å²) in [5, 5.41) is 11.0. The first kappa shape index (κ1) is 20.2. The molecular formula is C21H13Cl3N4O2. The number of carbonyl (C=O) groups excluding carboxylic acids is 2. The number of carbonyl (C=O) groups is 2. The molecule has 9 heteroatoms. The molecule has 3 amide bonds. The molecule has 0 radical (unpaired) electrons. The molecule has 1 aromatic heterocycles. The highest BCUT2D eigenvalue weighted by Gasteiger charge is 2.16. The molecule has 0 atom stereocenters. The van der Waals surface area contributed by atoms with E-state index >= 15 is 0 Å². The summed E-state index contributed by atoms with van der Waals surface area (Å²) in [4.78, 5) is 24.4. The van der Waals surface area contributed by atoms with E-state index in [0.29, 0.717) is 11.4 Å². The molecule has 0 aliphatic carbocycles. The number of urea groups is 1. The van der Waals surface area contributed by atoms with Gasteiger partial charge in [-0.2, -0.15) is 5.10 Å². The van der Waals surface area contributed by atoms with Crippen LogP contribution in [-0.2, 0) is 0 Å². The maximum atomic E-state index is 12.2. The third-order valence-electron chi connectivity index (χ3n) is 4.26. The fourth-order valence-electron chi connectivity index (χ4n) is 2.91. The summed E-state index contributed by atoms with van der Waals surface area (Å²) in [6, 6.07) is 16.3. The van der Waals surface area contributed by atoms with Crippen molar-refractivity contribution in [1.29, 1.82) is 0 Å². The van der Waals surface area contributed by atoms with Gasteiger partial charge < -0.3 is 5.32 Å². The molecule has 4 aromatic rings. The van der Waals surface area contributed by atoms with Gasteiger partial charge in [0.15, 0.2) is 0 Å². The SMILES string of the molecule is O=C(NC(=O)c1ccccc1Cl)Nc1cc(Cl)c(-n2cc3ccccc3n2)c(Cl)c1. The van der Waals surface area contributed by atoms with Gasteiger partial charge in [-0.1, -0.05) is 65.1 Å². The molecule has 0 saturated carbocycles. The first-order valence-electron chi connectivity index (χ1n) is 8.73. The number of hydrogen-bond acceptors (Lipinski definition) is 3. The first-order chi connectivity index (χ1) is 14.4. The minimum Gasteiger partial charge on any atom is -0.308 e. The predicted octanol–water partition coefficient (Wildman–Crippen LogP) is 5.95. The van der Waals surface area contributed by atoms with E-state index in [9.17, 15) is 9.59 Å². The van der Waals surface area contributed by atoms with Crippen LogP contribution in [0.2, 0.25) is 15.1 Å². The number of amides is 3. The van der Waals surface area contributed by atoms with Crippen LogP contribution >= 0.6 is 34.8 Å². The van der Waals surface area contributed by atoms with E-state index in [1.807, 2.05) is 30.5 Å². The fraction of sp³-hybridized carbons (Fsp3) is 0. The molecule has 0 aliphatic rings. The molecule has 1 heterocycles. The number of imide groups is 1. The van der Waals surface area contributed by atoms with E-state index in [-0.39, 0.29) is 20.6 Å². The van der Waals surface area contributed by atoms with Crippen LogP contribution in [0.15, 0.2) is 66.9 Å². The fourth-order valence-corrected chi connectivity index (χ4v) is 3.80. The van der Waals surface area contributed by atoms with Crippen molar-refractivity contribution in [2.45, 2.75) is 0 Å². The Labute approximate surface area is 186 Å². The van der Waals surface area contributed by atoms with E-state index < -0.39 is 11.9 Å². The van der Waals surface area contributed by atoms with Crippen LogP contribution in [0.4, 0.5) is 10.5 Å². The standard InChI is InChI=1S/C21H13Cl3N4O2/c22-15-7-3-2-6-14(15)20(29)26-21(30)25-13-9-16(23)19(17(24)10-13)28-11-12-5-1-4-8-18(12)27-28/h1-11H,(H2,25,26,29,30). The lowest BCUT2D eigenvalue weighted by atomic mass is 10.2. The highest BCUT2D eigenvalue weighted by atomic mass is 35.5. The average molecular weight is 460 g/mol. The van der Waals surface area contributed by atoms with Gasteiger partial charge in [0, 0.05) is 17.3 Å². The highest BCUT2D eigenvalue weighted by molar-refractivity contribution is 6.38. The molecule has 0 spiro atoms. The van der Waals surface area contributed by atoms with Gasteiger partial charge in [-0.25, -0.2) is 9.48 Å². The second-order valence-electron chi connectivity index (χ2n) is 6.31. The van der Waals surface area contributed by atoms with Crippen molar-refractivity contribution in [2.24, 2.45) is 0 Å². The maximum Gasteiger partial charge on any atom is 0.326 e. The van der Waals surface area contributed by atoms with Gasteiger partial charge in [-0.15, -0.1) is 0 Å². The lowest BCUT2D eigenvalue weighted by Crippen LogP contribution is -2.34. The molecule has 3 aromatic carbocycles. The summed E-state index contributed by atoms with van der Waals surface area (Å²) in [5.74, 6) is -0.629. The van der Waals surface area contributed by atoms with Crippen LogP contribution in [0.3, 0.4) is 0 Å². The van der Waals surface area contributed by atoms with Crippen molar-refractivity contribution in [3.05, 3.63) is 87.5 Å². The summed E-state index contributed by atoms with van der Waals surface area (Å²) in [5.41, 5.74) is 1.78. The summed E-state index contributed by atoms with van der Waals surface area (Å²) >= 11 is 18.8. The van der Waals surface area contributed by atoms with Crippen LogP contribution < -0.4 is 10.6 Å². The Morgan fingerprint density at radius 1 is 0.867 bits per heavy atom. The van der Waals surface area contributed by atoms with Crippen LogP contribution in [0.25, 0.3) is 16.6 Å². The van der Waals surface area contributed by atoms with E-state index in [2.05, 4.69) is 15.7 Å². The van der Waals surface area contributed by atoms with Crippen molar-refractivity contribution in [2.75, 3.05) is 5.32 Å². The minimum absolute atomic E-state index is 0.187. The normalized spacial score (nSPS) is 10.8. The molecular weight excluding hydrogens is 447 g/mol. The molecule has 30 heavy (non-hydrogen) atoms. The topological polar surface area (TPSA) is 76.0 Å². The Kier molecular flexibility index (Phi) is 5.63. The first-order valence-corrected chi connectivity index (χ1v) is 9.86. The number of benzene rings is 3. The molecule has 0 aliphatic heterocycles. The van der Waals surface area contributed by atoms with E-state index in [4.69, 9.17) is 34.8 Å². The van der Waals surface area contributed by atoms with Crippen LogP contribution in [-0.4, -0.2) is 21.7 Å². The van der Waals surface area contributed by atoms with Crippen molar-refractivity contribution >= 4 is 63.3 Å². The van der Waals surface area contributed by atoms with Crippen LogP contribution in [0, 0.1) is 0 Å². The minimum atomic E-state index is -0.746. The van der Waals surface area contributed by atoms with Gasteiger partial charge in [0.1, 0.15) is 5.69 Å².